The topological polar surface area (TPSA) is 112 Å². The number of nitrogens with zero attached hydrogens (tertiary/aromatic N) is 3. The molecule has 10 heteroatoms. The molecule has 0 amide bonds. The van der Waals surface area contributed by atoms with Crippen LogP contribution in [0, 0.1) is 13.8 Å². The van der Waals surface area contributed by atoms with Crippen molar-refractivity contribution in [2.24, 2.45) is 4.99 Å². The van der Waals surface area contributed by atoms with Crippen molar-refractivity contribution >= 4 is 40.1 Å². The maximum Gasteiger partial charge on any atom is 0.229 e. The molecule has 1 aromatic carbocycles. The minimum atomic E-state index is 0.406. The normalized spacial score (nSPS) is 11.4. The van der Waals surface area contributed by atoms with Crippen LogP contribution in [-0.4, -0.2) is 39.7 Å². The quantitative estimate of drug-likeness (QED) is 0.180. The molecule has 0 radical (unpaired) electrons. The van der Waals surface area contributed by atoms with E-state index in [2.05, 4.69) is 30.9 Å². The van der Waals surface area contributed by atoms with Gasteiger partial charge in [-0.1, -0.05) is 0 Å². The van der Waals surface area contributed by atoms with Gasteiger partial charge in [0.2, 0.25) is 11.9 Å². The molecule has 0 atom stereocenters. The maximum atomic E-state index is 5.45. The Bertz CT molecular complexity index is 1280. The van der Waals surface area contributed by atoms with Crippen molar-refractivity contribution < 1.29 is 9.15 Å². The summed E-state index contributed by atoms with van der Waals surface area (Å²) in [5.41, 5.74) is 3.93. The van der Waals surface area contributed by atoms with Gasteiger partial charge >= 0.3 is 0 Å². The first kappa shape index (κ1) is 23.2. The number of thiocarbonyl (C=S) groups is 1. The van der Waals surface area contributed by atoms with Crippen molar-refractivity contribution in [1.29, 1.82) is 0 Å². The van der Waals surface area contributed by atoms with Gasteiger partial charge in [-0.05, 0) is 74.4 Å². The third-order valence-electron chi connectivity index (χ3n) is 5.07. The Labute approximate surface area is 203 Å². The molecule has 176 valence electrons. The molecule has 0 saturated heterocycles. The number of rotatable bonds is 7. The minimum Gasteiger partial charge on any atom is -0.497 e. The Morgan fingerprint density at radius 2 is 2.00 bits per heavy atom. The minimum absolute atomic E-state index is 0.406. The second kappa shape index (κ2) is 10.8. The number of hydrogen-bond donors (Lipinski definition) is 4. The fourth-order valence-corrected chi connectivity index (χ4v) is 3.68. The lowest BCUT2D eigenvalue weighted by Crippen LogP contribution is -2.42. The van der Waals surface area contributed by atoms with E-state index in [4.69, 9.17) is 26.4 Å². The number of ether oxygens (including phenoxy) is 1. The molecule has 0 bridgehead atoms. The number of methoxy groups -OCH3 is 1. The summed E-state index contributed by atoms with van der Waals surface area (Å²) in [5, 5.41) is 10.9. The average molecular weight is 478 g/mol. The number of aliphatic imine (C=N–C) groups is 1. The first-order valence-electron chi connectivity index (χ1n) is 10.8. The number of fused-ring (bicyclic) bond motifs is 1. The molecule has 9 nitrogen and oxygen atoms in total. The predicted octanol–water partition coefficient (Wildman–Crippen LogP) is 3.85. The van der Waals surface area contributed by atoms with E-state index >= 15 is 0 Å². The molecule has 0 aliphatic rings. The highest BCUT2D eigenvalue weighted by atomic mass is 32.1. The molecular formula is C24H27N7O2S. The van der Waals surface area contributed by atoms with Crippen LogP contribution in [0.4, 0.5) is 5.95 Å². The van der Waals surface area contributed by atoms with Crippen molar-refractivity contribution in [3.63, 3.8) is 0 Å². The molecule has 4 N–H and O–H groups in total. The predicted molar refractivity (Wildman–Crippen MR) is 137 cm³/mol. The maximum absolute atomic E-state index is 5.45. The molecule has 0 spiro atoms. The number of nitrogens with one attached hydrogen (secondary N) is 4. The molecule has 0 saturated carbocycles. The molecule has 0 fully saturated rings. The number of H-pyrrole nitrogens is 1. The first-order valence-corrected chi connectivity index (χ1v) is 11.3. The SMILES string of the molecule is COc1ccc2[nH]cc(CCN=C(NC(=S)NCc3ccco3)Nc3nc(C)cc(C)n3)c2c1. The summed E-state index contributed by atoms with van der Waals surface area (Å²) in [6, 6.07) is 11.6. The Hall–Kier alpha value is -3.92. The van der Waals surface area contributed by atoms with Gasteiger partial charge in [-0.25, -0.2) is 9.97 Å². The average Bonchev–Trinajstić information content (AvgIpc) is 3.46. The van der Waals surface area contributed by atoms with E-state index in [0.29, 0.717) is 30.1 Å². The summed E-state index contributed by atoms with van der Waals surface area (Å²) in [5.74, 6) is 2.51. The number of anilines is 1. The van der Waals surface area contributed by atoms with E-state index in [-0.39, 0.29) is 0 Å². The third-order valence-corrected chi connectivity index (χ3v) is 5.32. The van der Waals surface area contributed by atoms with E-state index in [0.717, 1.165) is 45.8 Å². The summed E-state index contributed by atoms with van der Waals surface area (Å²) < 4.78 is 10.7. The Balaban J connectivity index is 1.47. The van der Waals surface area contributed by atoms with Gasteiger partial charge in [0.1, 0.15) is 11.5 Å². The van der Waals surface area contributed by atoms with Crippen molar-refractivity contribution in [2.45, 2.75) is 26.8 Å². The summed E-state index contributed by atoms with van der Waals surface area (Å²) in [6.07, 6.45) is 4.35. The van der Waals surface area contributed by atoms with Crippen LogP contribution in [0.25, 0.3) is 10.9 Å². The van der Waals surface area contributed by atoms with Crippen LogP contribution in [0.1, 0.15) is 22.7 Å². The van der Waals surface area contributed by atoms with Crippen molar-refractivity contribution in [3.05, 3.63) is 71.6 Å². The van der Waals surface area contributed by atoms with Crippen molar-refractivity contribution in [2.75, 3.05) is 19.0 Å². The fraction of sp³-hybridized carbons (Fsp3) is 0.250. The van der Waals surface area contributed by atoms with Gasteiger partial charge in [-0.2, -0.15) is 0 Å². The number of aromatic amines is 1. The highest BCUT2D eigenvalue weighted by Gasteiger charge is 2.09. The molecule has 0 aliphatic carbocycles. The van der Waals surface area contributed by atoms with Gasteiger partial charge in [0.05, 0.1) is 19.9 Å². The zero-order valence-corrected chi connectivity index (χ0v) is 20.1. The number of guanidine groups is 1. The van der Waals surface area contributed by atoms with Crippen molar-refractivity contribution in [3.8, 4) is 5.75 Å². The van der Waals surface area contributed by atoms with E-state index < -0.39 is 0 Å². The van der Waals surface area contributed by atoms with Gasteiger partial charge in [0.25, 0.3) is 0 Å². The van der Waals surface area contributed by atoms with E-state index in [1.807, 2.05) is 56.4 Å². The third kappa shape index (κ3) is 6.10. The van der Waals surface area contributed by atoms with Gasteiger partial charge < -0.3 is 24.8 Å². The molecule has 3 heterocycles. The van der Waals surface area contributed by atoms with E-state index in [1.54, 1.807) is 13.4 Å². The lowest BCUT2D eigenvalue weighted by molar-refractivity contribution is 0.415. The highest BCUT2D eigenvalue weighted by Crippen LogP contribution is 2.24. The Kier molecular flexibility index (Phi) is 7.38. The van der Waals surface area contributed by atoms with Gasteiger partial charge in [-0.3, -0.25) is 10.3 Å². The second-order valence-electron chi connectivity index (χ2n) is 7.69. The summed E-state index contributed by atoms with van der Waals surface area (Å²) in [6.45, 7) is 4.82. The van der Waals surface area contributed by atoms with E-state index in [1.165, 1.54) is 0 Å². The standard InChI is InChI=1S/C24H27N7O2S/c1-15-11-16(2)29-23(28-15)30-22(31-24(34)27-14-19-5-4-10-33-19)25-9-8-17-13-26-21-7-6-18(32-3)12-20(17)21/h4-7,10-13,26H,8-9,14H2,1-3H3,(H3,25,27,28,29,30,31,34). The highest BCUT2D eigenvalue weighted by molar-refractivity contribution is 7.80. The van der Waals surface area contributed by atoms with Crippen LogP contribution in [-0.2, 0) is 13.0 Å². The first-order chi connectivity index (χ1) is 16.5. The summed E-state index contributed by atoms with van der Waals surface area (Å²) in [7, 11) is 1.67. The lowest BCUT2D eigenvalue weighted by Gasteiger charge is -2.14. The smallest absolute Gasteiger partial charge is 0.229 e. The Morgan fingerprint density at radius 3 is 2.74 bits per heavy atom. The number of benzene rings is 1. The molecular weight excluding hydrogens is 450 g/mol. The van der Waals surface area contributed by atoms with Crippen molar-refractivity contribution in [1.82, 2.24) is 25.6 Å². The van der Waals surface area contributed by atoms with Crippen LogP contribution in [0.15, 0.2) is 58.3 Å². The number of furan rings is 1. The molecule has 34 heavy (non-hydrogen) atoms. The van der Waals surface area contributed by atoms with Gasteiger partial charge in [0.15, 0.2) is 5.11 Å². The molecule has 4 rings (SSSR count). The number of aryl methyl sites for hydroxylation is 2. The van der Waals surface area contributed by atoms with Crippen LogP contribution >= 0.6 is 12.2 Å². The zero-order valence-electron chi connectivity index (χ0n) is 19.3. The van der Waals surface area contributed by atoms with Crippen LogP contribution in [0.3, 0.4) is 0 Å². The van der Waals surface area contributed by atoms with E-state index in [9.17, 15) is 0 Å². The van der Waals surface area contributed by atoms with Crippen LogP contribution < -0.4 is 20.7 Å². The van der Waals surface area contributed by atoms with Gasteiger partial charge in [0, 0.05) is 35.0 Å². The molecule has 0 aliphatic heterocycles. The van der Waals surface area contributed by atoms with Crippen LogP contribution in [0.5, 0.6) is 5.75 Å². The van der Waals surface area contributed by atoms with Crippen LogP contribution in [0.2, 0.25) is 0 Å². The molecule has 0 unspecified atom stereocenters. The summed E-state index contributed by atoms with van der Waals surface area (Å²) in [4.78, 5) is 16.9. The summed E-state index contributed by atoms with van der Waals surface area (Å²) >= 11 is 5.45. The lowest BCUT2D eigenvalue weighted by atomic mass is 10.1. The number of hydrogen-bond acceptors (Lipinski definition) is 6. The fourth-order valence-electron chi connectivity index (χ4n) is 3.51. The second-order valence-corrected chi connectivity index (χ2v) is 8.10. The molecule has 3 aromatic heterocycles. The van der Waals surface area contributed by atoms with Gasteiger partial charge in [-0.15, -0.1) is 0 Å². The zero-order chi connectivity index (χ0) is 23.9. The Morgan fingerprint density at radius 1 is 1.18 bits per heavy atom. The monoisotopic (exact) mass is 477 g/mol. The largest absolute Gasteiger partial charge is 0.497 e. The molecule has 4 aromatic rings. The number of aromatic nitrogens is 3.